The Hall–Kier alpha value is -4.16. The normalized spacial score (nSPS) is 12.4. The van der Waals surface area contributed by atoms with Gasteiger partial charge in [0.2, 0.25) is 0 Å². The SMILES string of the molecule is CC(C)(C)OC(=O)NC(CCc1ccccc1C(=O)O)c1cccc(/C=C/c2ccc3ccc(Cl)cc3n2)c1. The third-order valence-electron chi connectivity index (χ3n) is 6.08. The molecule has 200 valence electrons. The third-order valence-corrected chi connectivity index (χ3v) is 6.31. The average Bonchev–Trinajstić information content (AvgIpc) is 2.88. The van der Waals surface area contributed by atoms with Crippen LogP contribution in [0, 0.1) is 0 Å². The van der Waals surface area contributed by atoms with Gasteiger partial charge in [0.05, 0.1) is 22.8 Å². The molecule has 1 unspecified atom stereocenters. The number of aromatic carboxylic acids is 1. The molecule has 3 aromatic carbocycles. The van der Waals surface area contributed by atoms with Crippen LogP contribution < -0.4 is 5.32 Å². The summed E-state index contributed by atoms with van der Waals surface area (Å²) >= 11 is 6.13. The number of aromatic nitrogens is 1. The third kappa shape index (κ3) is 7.91. The van der Waals surface area contributed by atoms with E-state index in [1.807, 2.05) is 93.6 Å². The summed E-state index contributed by atoms with van der Waals surface area (Å²) in [6.45, 7) is 5.43. The first kappa shape index (κ1) is 27.9. The minimum Gasteiger partial charge on any atom is -0.478 e. The van der Waals surface area contributed by atoms with Crippen LogP contribution in [0.3, 0.4) is 0 Å². The van der Waals surface area contributed by atoms with Gasteiger partial charge in [0.25, 0.3) is 0 Å². The summed E-state index contributed by atoms with van der Waals surface area (Å²) < 4.78 is 5.51. The van der Waals surface area contributed by atoms with Crippen molar-refractivity contribution in [1.29, 1.82) is 0 Å². The second-order valence-electron chi connectivity index (χ2n) is 10.3. The van der Waals surface area contributed by atoms with Gasteiger partial charge in [-0.3, -0.25) is 0 Å². The first-order chi connectivity index (χ1) is 18.6. The van der Waals surface area contributed by atoms with Gasteiger partial charge >= 0.3 is 12.1 Å². The van der Waals surface area contributed by atoms with E-state index in [-0.39, 0.29) is 5.56 Å². The van der Waals surface area contributed by atoms with Crippen molar-refractivity contribution in [3.63, 3.8) is 0 Å². The van der Waals surface area contributed by atoms with Crippen LogP contribution >= 0.6 is 11.6 Å². The quantitative estimate of drug-likeness (QED) is 0.236. The van der Waals surface area contributed by atoms with E-state index >= 15 is 0 Å². The number of ether oxygens (including phenoxy) is 1. The maximum atomic E-state index is 12.7. The van der Waals surface area contributed by atoms with Gasteiger partial charge in [0.15, 0.2) is 0 Å². The van der Waals surface area contributed by atoms with E-state index in [0.717, 1.165) is 27.7 Å². The number of hydrogen-bond donors (Lipinski definition) is 2. The number of nitrogens with zero attached hydrogens (tertiary/aromatic N) is 1. The number of carbonyl (C=O) groups excluding carboxylic acids is 1. The molecular formula is C32H31ClN2O4. The van der Waals surface area contributed by atoms with E-state index < -0.39 is 23.7 Å². The van der Waals surface area contributed by atoms with Crippen molar-refractivity contribution < 1.29 is 19.4 Å². The number of fused-ring (bicyclic) bond motifs is 1. The van der Waals surface area contributed by atoms with Gasteiger partial charge in [-0.1, -0.05) is 66.2 Å². The van der Waals surface area contributed by atoms with Gasteiger partial charge in [-0.05, 0) is 86.7 Å². The number of nitrogens with one attached hydrogen (secondary N) is 1. The highest BCUT2D eigenvalue weighted by Gasteiger charge is 2.21. The molecule has 0 aliphatic rings. The Morgan fingerprint density at radius 3 is 2.54 bits per heavy atom. The number of benzene rings is 3. The Morgan fingerprint density at radius 2 is 1.77 bits per heavy atom. The molecule has 0 bridgehead atoms. The monoisotopic (exact) mass is 542 g/mol. The zero-order valence-corrected chi connectivity index (χ0v) is 22.9. The fourth-order valence-corrected chi connectivity index (χ4v) is 4.45. The standard InChI is InChI=1S/C32H31ClN2O4/c1-32(2,3)39-31(38)35-28(18-14-22-8-4-5-10-27(22)30(36)37)24-9-6-7-21(19-24)11-16-26-17-13-23-12-15-25(33)20-29(23)34-26/h4-13,15-17,19-20,28H,14,18H2,1-3H3,(H,35,38)(H,36,37)/b16-11+. The largest absolute Gasteiger partial charge is 0.478 e. The average molecular weight is 543 g/mol. The highest BCUT2D eigenvalue weighted by atomic mass is 35.5. The lowest BCUT2D eigenvalue weighted by atomic mass is 9.95. The van der Waals surface area contributed by atoms with Crippen LogP contribution in [0.25, 0.3) is 23.1 Å². The molecule has 0 fully saturated rings. The van der Waals surface area contributed by atoms with Crippen LogP contribution in [0.1, 0.15) is 66.0 Å². The van der Waals surface area contributed by atoms with Gasteiger partial charge in [-0.25, -0.2) is 14.6 Å². The lowest BCUT2D eigenvalue weighted by Crippen LogP contribution is -2.35. The van der Waals surface area contributed by atoms with E-state index in [1.54, 1.807) is 18.2 Å². The van der Waals surface area contributed by atoms with Crippen LogP contribution in [0.4, 0.5) is 4.79 Å². The molecule has 1 amide bonds. The van der Waals surface area contributed by atoms with Crippen LogP contribution in [0.15, 0.2) is 78.9 Å². The van der Waals surface area contributed by atoms with Gasteiger partial charge in [-0.2, -0.15) is 0 Å². The van der Waals surface area contributed by atoms with Crippen molar-refractivity contribution in [3.05, 3.63) is 112 Å². The number of carbonyl (C=O) groups is 2. The van der Waals surface area contributed by atoms with Crippen molar-refractivity contribution >= 4 is 46.7 Å². The van der Waals surface area contributed by atoms with E-state index in [9.17, 15) is 14.7 Å². The Labute approximate surface area is 233 Å². The number of carboxylic acids is 1. The number of hydrogen-bond acceptors (Lipinski definition) is 4. The Morgan fingerprint density at radius 1 is 1.00 bits per heavy atom. The molecule has 0 aliphatic carbocycles. The van der Waals surface area contributed by atoms with Crippen molar-refractivity contribution in [2.45, 2.75) is 45.3 Å². The number of rotatable bonds is 8. The zero-order valence-electron chi connectivity index (χ0n) is 22.1. The molecule has 0 saturated carbocycles. The molecule has 0 spiro atoms. The predicted molar refractivity (Wildman–Crippen MR) is 156 cm³/mol. The lowest BCUT2D eigenvalue weighted by Gasteiger charge is -2.24. The summed E-state index contributed by atoms with van der Waals surface area (Å²) in [5.41, 5.74) is 3.75. The molecule has 0 saturated heterocycles. The number of pyridine rings is 1. The molecule has 2 N–H and O–H groups in total. The lowest BCUT2D eigenvalue weighted by molar-refractivity contribution is 0.0500. The maximum Gasteiger partial charge on any atom is 0.408 e. The topological polar surface area (TPSA) is 88.5 Å². The van der Waals surface area contributed by atoms with E-state index in [0.29, 0.717) is 23.4 Å². The molecule has 4 rings (SSSR count). The van der Waals surface area contributed by atoms with Gasteiger partial charge in [0, 0.05) is 10.4 Å². The number of aryl methyl sites for hydroxylation is 1. The molecule has 1 aromatic heterocycles. The van der Waals surface area contributed by atoms with Crippen LogP contribution in [-0.4, -0.2) is 27.8 Å². The molecule has 1 atom stereocenters. The predicted octanol–water partition coefficient (Wildman–Crippen LogP) is 7.96. The number of halogens is 1. The molecule has 1 heterocycles. The molecule has 4 aromatic rings. The van der Waals surface area contributed by atoms with Crippen molar-refractivity contribution in [1.82, 2.24) is 10.3 Å². The smallest absolute Gasteiger partial charge is 0.408 e. The van der Waals surface area contributed by atoms with Crippen LogP contribution in [0.2, 0.25) is 5.02 Å². The first-order valence-electron chi connectivity index (χ1n) is 12.7. The molecule has 7 heteroatoms. The van der Waals surface area contributed by atoms with Crippen molar-refractivity contribution in [2.75, 3.05) is 0 Å². The number of amides is 1. The summed E-state index contributed by atoms with van der Waals surface area (Å²) in [5.74, 6) is -0.973. The fraction of sp³-hybridized carbons (Fsp3) is 0.219. The number of carboxylic acid groups (broad SMARTS) is 1. The van der Waals surface area contributed by atoms with Gasteiger partial charge < -0.3 is 15.2 Å². The Kier molecular flexibility index (Phi) is 8.67. The molecular weight excluding hydrogens is 512 g/mol. The summed E-state index contributed by atoms with van der Waals surface area (Å²) in [6, 6.07) is 23.9. The Balaban J connectivity index is 1.58. The van der Waals surface area contributed by atoms with E-state index in [1.165, 1.54) is 0 Å². The van der Waals surface area contributed by atoms with Crippen LogP contribution in [-0.2, 0) is 11.2 Å². The summed E-state index contributed by atoms with van der Waals surface area (Å²) in [6.07, 6.45) is 4.32. The summed E-state index contributed by atoms with van der Waals surface area (Å²) in [4.78, 5) is 29.1. The summed E-state index contributed by atoms with van der Waals surface area (Å²) in [5, 5.41) is 14.2. The molecule has 0 radical (unpaired) electrons. The highest BCUT2D eigenvalue weighted by Crippen LogP contribution is 2.24. The fourth-order valence-electron chi connectivity index (χ4n) is 4.28. The van der Waals surface area contributed by atoms with E-state index in [2.05, 4.69) is 10.3 Å². The second-order valence-corrected chi connectivity index (χ2v) is 10.7. The first-order valence-corrected chi connectivity index (χ1v) is 13.1. The Bertz CT molecular complexity index is 1520. The zero-order chi connectivity index (χ0) is 28.0. The second kappa shape index (κ2) is 12.1. The molecule has 0 aliphatic heterocycles. The highest BCUT2D eigenvalue weighted by molar-refractivity contribution is 6.31. The summed E-state index contributed by atoms with van der Waals surface area (Å²) in [7, 11) is 0. The van der Waals surface area contributed by atoms with Crippen molar-refractivity contribution in [3.8, 4) is 0 Å². The van der Waals surface area contributed by atoms with E-state index in [4.69, 9.17) is 16.3 Å². The number of alkyl carbamates (subject to hydrolysis) is 1. The van der Waals surface area contributed by atoms with Gasteiger partial charge in [0.1, 0.15) is 5.60 Å². The van der Waals surface area contributed by atoms with Crippen LogP contribution in [0.5, 0.6) is 0 Å². The minimum atomic E-state index is -0.973. The molecule has 6 nitrogen and oxygen atoms in total. The molecule has 39 heavy (non-hydrogen) atoms. The van der Waals surface area contributed by atoms with Crippen molar-refractivity contribution in [2.24, 2.45) is 0 Å². The maximum absolute atomic E-state index is 12.7. The van der Waals surface area contributed by atoms with Gasteiger partial charge in [-0.15, -0.1) is 0 Å². The minimum absolute atomic E-state index is 0.259.